The number of anilines is 2. The fraction of sp³-hybridized carbons (Fsp3) is 0.667. The van der Waals surface area contributed by atoms with Crippen LogP contribution >= 0.6 is 0 Å². The second-order valence-corrected chi connectivity index (χ2v) is 7.57. The molecule has 1 aromatic heterocycles. The van der Waals surface area contributed by atoms with Gasteiger partial charge in [0.25, 0.3) is 0 Å². The molecule has 0 radical (unpaired) electrons. The van der Waals surface area contributed by atoms with Gasteiger partial charge in [0.15, 0.2) is 9.84 Å². The smallest absolute Gasteiger partial charge is 0.152 e. The maximum atomic E-state index is 11.5. The number of rotatable bonds is 3. The van der Waals surface area contributed by atoms with E-state index in [9.17, 15) is 8.42 Å². The molecule has 1 aliphatic rings. The number of nitrogens with two attached hydrogens (primary N) is 1. The molecule has 0 aromatic carbocycles. The fourth-order valence-electron chi connectivity index (χ4n) is 2.05. The third kappa shape index (κ3) is 3.15. The first-order chi connectivity index (χ1) is 8.78. The molecule has 0 amide bonds. The van der Waals surface area contributed by atoms with Crippen molar-refractivity contribution >= 4 is 21.5 Å². The largest absolute Gasteiger partial charge is 0.383 e. The van der Waals surface area contributed by atoms with Gasteiger partial charge in [0.05, 0.1) is 11.5 Å². The molecular formula is C12H20N4O2S. The van der Waals surface area contributed by atoms with Crippen LogP contribution in [0, 0.1) is 6.92 Å². The van der Waals surface area contributed by atoms with Crippen LogP contribution in [0.25, 0.3) is 0 Å². The molecule has 106 valence electrons. The van der Waals surface area contributed by atoms with E-state index in [2.05, 4.69) is 15.3 Å². The predicted octanol–water partition coefficient (Wildman–Crippen LogP) is 1.09. The molecule has 2 rings (SSSR count). The predicted molar refractivity (Wildman–Crippen MR) is 76.0 cm³/mol. The maximum Gasteiger partial charge on any atom is 0.152 e. The fourth-order valence-corrected chi connectivity index (χ4v) is 3.73. The topological polar surface area (TPSA) is 98.0 Å². The van der Waals surface area contributed by atoms with Gasteiger partial charge < -0.3 is 11.1 Å². The van der Waals surface area contributed by atoms with Crippen LogP contribution in [-0.2, 0) is 9.84 Å². The van der Waals surface area contributed by atoms with E-state index in [1.54, 1.807) is 0 Å². The molecule has 1 aromatic rings. The van der Waals surface area contributed by atoms with Crippen LogP contribution in [0.1, 0.15) is 37.6 Å². The van der Waals surface area contributed by atoms with Gasteiger partial charge >= 0.3 is 0 Å². The lowest BCUT2D eigenvalue weighted by Gasteiger charge is -2.16. The lowest BCUT2D eigenvalue weighted by atomic mass is 10.2. The summed E-state index contributed by atoms with van der Waals surface area (Å²) in [6, 6.07) is -0.0852. The van der Waals surface area contributed by atoms with E-state index >= 15 is 0 Å². The summed E-state index contributed by atoms with van der Waals surface area (Å²) in [7, 11) is -2.90. The van der Waals surface area contributed by atoms with E-state index in [-0.39, 0.29) is 23.5 Å². The highest BCUT2D eigenvalue weighted by Crippen LogP contribution is 2.23. The summed E-state index contributed by atoms with van der Waals surface area (Å²) in [6.45, 7) is 5.83. The van der Waals surface area contributed by atoms with Gasteiger partial charge in [-0.25, -0.2) is 18.4 Å². The lowest BCUT2D eigenvalue weighted by Crippen LogP contribution is -2.23. The van der Waals surface area contributed by atoms with Crippen LogP contribution in [0.4, 0.5) is 11.6 Å². The molecule has 0 spiro atoms. The van der Waals surface area contributed by atoms with E-state index < -0.39 is 9.84 Å². The van der Waals surface area contributed by atoms with Crippen molar-refractivity contribution in [2.24, 2.45) is 0 Å². The normalized spacial score (nSPS) is 21.8. The van der Waals surface area contributed by atoms with Crippen LogP contribution < -0.4 is 11.1 Å². The molecule has 3 N–H and O–H groups in total. The maximum absolute atomic E-state index is 11.5. The SMILES string of the molecule is Cc1c(N)nc(C(C)C)nc1NC1CCS(=O)(=O)C1. The Morgan fingerprint density at radius 3 is 2.58 bits per heavy atom. The summed E-state index contributed by atoms with van der Waals surface area (Å²) < 4.78 is 22.9. The van der Waals surface area contributed by atoms with E-state index in [4.69, 9.17) is 5.73 Å². The second-order valence-electron chi connectivity index (χ2n) is 5.34. The minimum atomic E-state index is -2.90. The Kier molecular flexibility index (Phi) is 3.66. The van der Waals surface area contributed by atoms with E-state index in [1.807, 2.05) is 20.8 Å². The zero-order chi connectivity index (χ0) is 14.2. The third-order valence-electron chi connectivity index (χ3n) is 3.29. The van der Waals surface area contributed by atoms with Crippen LogP contribution in [-0.4, -0.2) is 35.9 Å². The first kappa shape index (κ1) is 14.0. The van der Waals surface area contributed by atoms with Gasteiger partial charge in [-0.15, -0.1) is 0 Å². The molecule has 2 heterocycles. The molecule has 1 fully saturated rings. The standard InChI is InChI=1S/C12H20N4O2S/c1-7(2)11-15-10(13)8(3)12(16-11)14-9-4-5-19(17,18)6-9/h7,9H,4-6H2,1-3H3,(H3,13,14,15,16). The van der Waals surface area contributed by atoms with Crippen molar-refractivity contribution in [1.82, 2.24) is 9.97 Å². The molecule has 0 aliphatic carbocycles. The van der Waals surface area contributed by atoms with Crippen LogP contribution in [0.15, 0.2) is 0 Å². The third-order valence-corrected chi connectivity index (χ3v) is 5.06. The highest BCUT2D eigenvalue weighted by atomic mass is 32.2. The highest BCUT2D eigenvalue weighted by Gasteiger charge is 2.28. The molecule has 1 unspecified atom stereocenters. The summed E-state index contributed by atoms with van der Waals surface area (Å²) in [4.78, 5) is 8.69. The van der Waals surface area contributed by atoms with Gasteiger partial charge in [-0.2, -0.15) is 0 Å². The summed E-state index contributed by atoms with van der Waals surface area (Å²) >= 11 is 0. The van der Waals surface area contributed by atoms with Crippen molar-refractivity contribution in [1.29, 1.82) is 0 Å². The Labute approximate surface area is 113 Å². The number of nitrogens with zero attached hydrogens (tertiary/aromatic N) is 2. The quantitative estimate of drug-likeness (QED) is 0.862. The van der Waals surface area contributed by atoms with Crippen molar-refractivity contribution in [3.8, 4) is 0 Å². The van der Waals surface area contributed by atoms with Gasteiger partial charge in [-0.3, -0.25) is 0 Å². The summed E-state index contributed by atoms with van der Waals surface area (Å²) in [5.74, 6) is 2.34. The summed E-state index contributed by atoms with van der Waals surface area (Å²) in [5.41, 5.74) is 6.65. The molecule has 7 heteroatoms. The zero-order valence-electron chi connectivity index (χ0n) is 11.5. The first-order valence-corrected chi connectivity index (χ1v) is 8.21. The minimum Gasteiger partial charge on any atom is -0.383 e. The lowest BCUT2D eigenvalue weighted by molar-refractivity contribution is 0.602. The Balaban J connectivity index is 2.25. The van der Waals surface area contributed by atoms with Gasteiger partial charge in [0.2, 0.25) is 0 Å². The number of aromatic nitrogens is 2. The Morgan fingerprint density at radius 1 is 1.37 bits per heavy atom. The van der Waals surface area contributed by atoms with Gasteiger partial charge in [-0.05, 0) is 13.3 Å². The first-order valence-electron chi connectivity index (χ1n) is 6.39. The van der Waals surface area contributed by atoms with Crippen molar-refractivity contribution < 1.29 is 8.42 Å². The number of nitrogen functional groups attached to an aromatic ring is 1. The van der Waals surface area contributed by atoms with Crippen molar-refractivity contribution in [2.75, 3.05) is 22.6 Å². The molecule has 1 atom stereocenters. The number of hydrogen-bond acceptors (Lipinski definition) is 6. The van der Waals surface area contributed by atoms with E-state index in [0.717, 1.165) is 5.56 Å². The second kappa shape index (κ2) is 4.96. The van der Waals surface area contributed by atoms with E-state index in [1.165, 1.54) is 0 Å². The Bertz CT molecular complexity index is 584. The molecule has 19 heavy (non-hydrogen) atoms. The minimum absolute atomic E-state index is 0.0852. The summed E-state index contributed by atoms with van der Waals surface area (Å²) in [6.07, 6.45) is 0.614. The Hall–Kier alpha value is -1.37. The molecule has 0 bridgehead atoms. The van der Waals surface area contributed by atoms with Crippen molar-refractivity contribution in [3.05, 3.63) is 11.4 Å². The van der Waals surface area contributed by atoms with Crippen LogP contribution in [0.2, 0.25) is 0 Å². The van der Waals surface area contributed by atoms with Crippen LogP contribution in [0.3, 0.4) is 0 Å². The monoisotopic (exact) mass is 284 g/mol. The molecule has 0 saturated carbocycles. The summed E-state index contributed by atoms with van der Waals surface area (Å²) in [5, 5.41) is 3.19. The zero-order valence-corrected chi connectivity index (χ0v) is 12.3. The van der Waals surface area contributed by atoms with E-state index in [0.29, 0.717) is 23.9 Å². The average Bonchev–Trinajstić information content (AvgIpc) is 2.64. The number of hydrogen-bond donors (Lipinski definition) is 2. The highest BCUT2D eigenvalue weighted by molar-refractivity contribution is 7.91. The number of nitrogens with one attached hydrogen (secondary N) is 1. The molecule has 1 saturated heterocycles. The molecule has 6 nitrogen and oxygen atoms in total. The van der Waals surface area contributed by atoms with Crippen molar-refractivity contribution in [3.63, 3.8) is 0 Å². The van der Waals surface area contributed by atoms with Gasteiger partial charge in [0, 0.05) is 17.5 Å². The molecule has 1 aliphatic heterocycles. The number of sulfone groups is 1. The van der Waals surface area contributed by atoms with Gasteiger partial charge in [0.1, 0.15) is 17.5 Å². The van der Waals surface area contributed by atoms with Crippen molar-refractivity contribution in [2.45, 2.75) is 39.2 Å². The van der Waals surface area contributed by atoms with Crippen LogP contribution in [0.5, 0.6) is 0 Å². The average molecular weight is 284 g/mol. The molecular weight excluding hydrogens is 264 g/mol. The Morgan fingerprint density at radius 2 is 2.05 bits per heavy atom. The van der Waals surface area contributed by atoms with Gasteiger partial charge in [-0.1, -0.05) is 13.8 Å².